The number of carbonyl (C=O) groups excluding carboxylic acids is 2. The summed E-state index contributed by atoms with van der Waals surface area (Å²) in [6.07, 6.45) is 1.66. The fourth-order valence-electron chi connectivity index (χ4n) is 1.50. The van der Waals surface area contributed by atoms with Gasteiger partial charge in [-0.3, -0.25) is 9.59 Å². The maximum Gasteiger partial charge on any atom is 0.252 e. The molecule has 0 spiro atoms. The first kappa shape index (κ1) is 13.0. The van der Waals surface area contributed by atoms with Gasteiger partial charge in [0.2, 0.25) is 5.91 Å². The van der Waals surface area contributed by atoms with Crippen molar-refractivity contribution in [2.45, 2.75) is 25.8 Å². The van der Waals surface area contributed by atoms with Gasteiger partial charge in [-0.15, -0.1) is 0 Å². The predicted octanol–water partition coefficient (Wildman–Crippen LogP) is 0.246. The molecule has 0 aliphatic carbocycles. The van der Waals surface area contributed by atoms with Gasteiger partial charge in [0.25, 0.3) is 5.91 Å². The number of primary amides is 2. The quantitative estimate of drug-likeness (QED) is 0.680. The van der Waals surface area contributed by atoms with Gasteiger partial charge in [0, 0.05) is 18.2 Å². The average Bonchev–Trinajstić information content (AvgIpc) is 2.14. The van der Waals surface area contributed by atoms with Crippen LogP contribution in [-0.4, -0.2) is 22.3 Å². The summed E-state index contributed by atoms with van der Waals surface area (Å²) < 4.78 is 0. The van der Waals surface area contributed by atoms with Gasteiger partial charge in [-0.2, -0.15) is 0 Å². The number of hydrogen-bond acceptors (Lipinski definition) is 4. The molecule has 0 saturated heterocycles. The van der Waals surface area contributed by atoms with Crippen LogP contribution in [0, 0.1) is 0 Å². The molecular formula is C11H16N4O2. The molecule has 6 heteroatoms. The number of rotatable bonds is 5. The SMILES string of the molecule is CC(C)(CC(N)=O)Nc1ncccc1C(N)=O. The van der Waals surface area contributed by atoms with Gasteiger partial charge in [0.05, 0.1) is 5.56 Å². The monoisotopic (exact) mass is 236 g/mol. The van der Waals surface area contributed by atoms with Crippen LogP contribution in [0.15, 0.2) is 18.3 Å². The second-order valence-electron chi connectivity index (χ2n) is 4.42. The van der Waals surface area contributed by atoms with E-state index in [9.17, 15) is 9.59 Å². The van der Waals surface area contributed by atoms with Crippen molar-refractivity contribution in [1.82, 2.24) is 4.98 Å². The molecular weight excluding hydrogens is 220 g/mol. The van der Waals surface area contributed by atoms with Crippen LogP contribution in [0.4, 0.5) is 5.82 Å². The van der Waals surface area contributed by atoms with Gasteiger partial charge in [-0.05, 0) is 26.0 Å². The number of anilines is 1. The first-order chi connectivity index (χ1) is 7.82. The number of pyridine rings is 1. The van der Waals surface area contributed by atoms with Crippen LogP contribution < -0.4 is 16.8 Å². The molecule has 0 fully saturated rings. The lowest BCUT2D eigenvalue weighted by Crippen LogP contribution is -2.37. The maximum absolute atomic E-state index is 11.2. The number of amides is 2. The molecule has 5 N–H and O–H groups in total. The van der Waals surface area contributed by atoms with Gasteiger partial charge in [0.1, 0.15) is 5.82 Å². The van der Waals surface area contributed by atoms with E-state index >= 15 is 0 Å². The van der Waals surface area contributed by atoms with Gasteiger partial charge in [0.15, 0.2) is 0 Å². The van der Waals surface area contributed by atoms with Crippen LogP contribution in [0.1, 0.15) is 30.6 Å². The summed E-state index contributed by atoms with van der Waals surface area (Å²) >= 11 is 0. The van der Waals surface area contributed by atoms with E-state index in [4.69, 9.17) is 11.5 Å². The van der Waals surface area contributed by atoms with Gasteiger partial charge >= 0.3 is 0 Å². The molecule has 0 radical (unpaired) electrons. The predicted molar refractivity (Wildman–Crippen MR) is 64.3 cm³/mol. The Morgan fingerprint density at radius 1 is 1.41 bits per heavy atom. The summed E-state index contributed by atoms with van der Waals surface area (Å²) in [5, 5.41) is 2.99. The lowest BCUT2D eigenvalue weighted by molar-refractivity contribution is -0.118. The maximum atomic E-state index is 11.2. The largest absolute Gasteiger partial charge is 0.370 e. The Kier molecular flexibility index (Phi) is 3.67. The Morgan fingerprint density at radius 2 is 2.06 bits per heavy atom. The molecule has 1 aromatic rings. The van der Waals surface area contributed by atoms with Crippen LogP contribution in [0.3, 0.4) is 0 Å². The molecule has 0 aromatic carbocycles. The molecule has 1 rings (SSSR count). The molecule has 0 bridgehead atoms. The summed E-state index contributed by atoms with van der Waals surface area (Å²) in [4.78, 5) is 26.1. The zero-order valence-electron chi connectivity index (χ0n) is 9.86. The van der Waals surface area contributed by atoms with E-state index in [2.05, 4.69) is 10.3 Å². The normalized spacial score (nSPS) is 10.9. The number of carbonyl (C=O) groups is 2. The van der Waals surface area contributed by atoms with Crippen molar-refractivity contribution in [3.8, 4) is 0 Å². The molecule has 0 unspecified atom stereocenters. The van der Waals surface area contributed by atoms with Gasteiger partial charge < -0.3 is 16.8 Å². The molecule has 6 nitrogen and oxygen atoms in total. The molecule has 0 saturated carbocycles. The zero-order chi connectivity index (χ0) is 13.1. The van der Waals surface area contributed by atoms with Gasteiger partial charge in [-0.25, -0.2) is 4.98 Å². The highest BCUT2D eigenvalue weighted by atomic mass is 16.1. The second-order valence-corrected chi connectivity index (χ2v) is 4.42. The summed E-state index contributed by atoms with van der Waals surface area (Å²) in [6.45, 7) is 3.58. The van der Waals surface area contributed by atoms with Crippen LogP contribution in [-0.2, 0) is 4.79 Å². The van der Waals surface area contributed by atoms with Crippen molar-refractivity contribution in [2.24, 2.45) is 11.5 Å². The lowest BCUT2D eigenvalue weighted by Gasteiger charge is -2.26. The third-order valence-corrected chi connectivity index (χ3v) is 2.15. The lowest BCUT2D eigenvalue weighted by atomic mass is 10.00. The number of hydrogen-bond donors (Lipinski definition) is 3. The highest BCUT2D eigenvalue weighted by molar-refractivity contribution is 5.97. The van der Waals surface area contributed by atoms with E-state index in [-0.39, 0.29) is 12.0 Å². The number of aromatic nitrogens is 1. The summed E-state index contributed by atoms with van der Waals surface area (Å²) in [7, 11) is 0. The highest BCUT2D eigenvalue weighted by Crippen LogP contribution is 2.19. The minimum Gasteiger partial charge on any atom is -0.370 e. The van der Waals surface area contributed by atoms with E-state index in [0.717, 1.165) is 0 Å². The smallest absolute Gasteiger partial charge is 0.252 e. The minimum absolute atomic E-state index is 0.127. The van der Waals surface area contributed by atoms with Crippen LogP contribution >= 0.6 is 0 Å². The van der Waals surface area contributed by atoms with E-state index in [0.29, 0.717) is 5.82 Å². The van der Waals surface area contributed by atoms with Crippen molar-refractivity contribution in [2.75, 3.05) is 5.32 Å². The molecule has 1 heterocycles. The van der Waals surface area contributed by atoms with Crippen LogP contribution in [0.25, 0.3) is 0 Å². The highest BCUT2D eigenvalue weighted by Gasteiger charge is 2.22. The summed E-state index contributed by atoms with van der Waals surface area (Å²) in [6, 6.07) is 3.18. The molecule has 0 atom stereocenters. The Balaban J connectivity index is 2.95. The van der Waals surface area contributed by atoms with Crippen molar-refractivity contribution >= 4 is 17.6 Å². The van der Waals surface area contributed by atoms with Crippen LogP contribution in [0.5, 0.6) is 0 Å². The van der Waals surface area contributed by atoms with Crippen molar-refractivity contribution in [3.05, 3.63) is 23.9 Å². The second kappa shape index (κ2) is 4.82. The fourth-order valence-corrected chi connectivity index (χ4v) is 1.50. The Hall–Kier alpha value is -2.11. The average molecular weight is 236 g/mol. The van der Waals surface area contributed by atoms with Crippen molar-refractivity contribution in [1.29, 1.82) is 0 Å². The van der Waals surface area contributed by atoms with E-state index in [1.807, 2.05) is 0 Å². The Labute approximate surface area is 99.4 Å². The van der Waals surface area contributed by atoms with Crippen LogP contribution in [0.2, 0.25) is 0 Å². The van der Waals surface area contributed by atoms with Gasteiger partial charge in [-0.1, -0.05) is 0 Å². The summed E-state index contributed by atoms with van der Waals surface area (Å²) in [5.41, 5.74) is 10.1. The third-order valence-electron chi connectivity index (χ3n) is 2.15. The topological polar surface area (TPSA) is 111 Å². The van der Waals surface area contributed by atoms with E-state index in [1.54, 1.807) is 26.0 Å². The molecule has 17 heavy (non-hydrogen) atoms. The third kappa shape index (κ3) is 3.75. The fraction of sp³-hybridized carbons (Fsp3) is 0.364. The number of nitrogens with two attached hydrogens (primary N) is 2. The Morgan fingerprint density at radius 3 is 2.59 bits per heavy atom. The van der Waals surface area contributed by atoms with Crippen molar-refractivity contribution in [3.63, 3.8) is 0 Å². The number of nitrogens with zero attached hydrogens (tertiary/aromatic N) is 1. The molecule has 0 aliphatic heterocycles. The molecule has 92 valence electrons. The summed E-state index contributed by atoms with van der Waals surface area (Å²) in [5.74, 6) is -0.652. The number of nitrogens with one attached hydrogen (secondary N) is 1. The molecule has 2 amide bonds. The minimum atomic E-state index is -0.593. The van der Waals surface area contributed by atoms with Crippen molar-refractivity contribution < 1.29 is 9.59 Å². The molecule has 0 aliphatic rings. The molecule has 1 aromatic heterocycles. The first-order valence-corrected chi connectivity index (χ1v) is 5.13. The first-order valence-electron chi connectivity index (χ1n) is 5.13. The van der Waals surface area contributed by atoms with E-state index in [1.165, 1.54) is 6.20 Å². The zero-order valence-corrected chi connectivity index (χ0v) is 9.86. The Bertz CT molecular complexity index is 443. The standard InChI is InChI=1S/C11H16N4O2/c1-11(2,6-8(12)16)15-10-7(9(13)17)4-3-5-14-10/h3-5H,6H2,1-2H3,(H2,12,16)(H2,13,17)(H,14,15). The van der Waals surface area contributed by atoms with E-state index < -0.39 is 17.4 Å².